The molecule has 3 fully saturated rings. The molecule has 6 nitrogen and oxygen atoms in total. The van der Waals surface area contributed by atoms with Crippen molar-refractivity contribution in [2.24, 2.45) is 10.4 Å². The number of carbonyl (C=O) groups is 1. The van der Waals surface area contributed by atoms with Crippen molar-refractivity contribution in [3.63, 3.8) is 0 Å². The molecule has 1 atom stereocenters. The summed E-state index contributed by atoms with van der Waals surface area (Å²) >= 11 is 0. The van der Waals surface area contributed by atoms with Gasteiger partial charge in [0.05, 0.1) is 6.61 Å². The number of hydrogen-bond acceptors (Lipinski definition) is 3. The van der Waals surface area contributed by atoms with E-state index in [1.807, 2.05) is 0 Å². The largest absolute Gasteiger partial charge is 0.381 e. The second-order valence-corrected chi connectivity index (χ2v) is 7.55. The van der Waals surface area contributed by atoms with E-state index in [2.05, 4.69) is 27.4 Å². The third-order valence-electron chi connectivity index (χ3n) is 5.60. The quantitative estimate of drug-likeness (QED) is 0.380. The maximum absolute atomic E-state index is 12.2. The number of nitrogens with one attached hydrogen (secondary N) is 2. The first kappa shape index (κ1) is 20.7. The summed E-state index contributed by atoms with van der Waals surface area (Å²) in [5, 5.41) is 6.49. The van der Waals surface area contributed by atoms with E-state index in [1.165, 1.54) is 19.3 Å². The number of amides is 1. The zero-order chi connectivity index (χ0) is 16.8. The van der Waals surface area contributed by atoms with Gasteiger partial charge in [0.1, 0.15) is 6.54 Å². The lowest BCUT2D eigenvalue weighted by molar-refractivity contribution is -0.120. The molecule has 2 heterocycles. The number of aliphatic imine (C=N–C) groups is 1. The summed E-state index contributed by atoms with van der Waals surface area (Å²) < 4.78 is 5.60. The van der Waals surface area contributed by atoms with Crippen LogP contribution in [0.25, 0.3) is 0 Å². The molecule has 0 radical (unpaired) electrons. The molecule has 144 valence electrons. The Bertz CT molecular complexity index is 460. The second-order valence-electron chi connectivity index (χ2n) is 7.55. The molecule has 0 aromatic heterocycles. The number of likely N-dealkylation sites (tertiary alicyclic amines) is 1. The Kier molecular flexibility index (Phi) is 8.25. The maximum Gasteiger partial charge on any atom is 0.242 e. The molecule has 0 aromatic rings. The summed E-state index contributed by atoms with van der Waals surface area (Å²) in [5.74, 6) is 0.926. The molecule has 2 aliphatic heterocycles. The van der Waals surface area contributed by atoms with Crippen LogP contribution < -0.4 is 10.6 Å². The van der Waals surface area contributed by atoms with E-state index in [-0.39, 0.29) is 36.4 Å². The topological polar surface area (TPSA) is 66.0 Å². The van der Waals surface area contributed by atoms with Crippen molar-refractivity contribution in [2.45, 2.75) is 57.9 Å². The van der Waals surface area contributed by atoms with Gasteiger partial charge in [-0.1, -0.05) is 19.3 Å². The standard InChI is InChI=1S/C18H32N4O2.HI/c1-2-19-17(22-10-8-18(13-22)9-11-24-14-18)20-12-16(23)21-15-6-4-3-5-7-15;/h15H,2-14H2,1H3,(H,19,20)(H,21,23);1H. The first-order chi connectivity index (χ1) is 11.7. The van der Waals surface area contributed by atoms with Crippen molar-refractivity contribution in [2.75, 3.05) is 39.4 Å². The minimum Gasteiger partial charge on any atom is -0.381 e. The highest BCUT2D eigenvalue weighted by Gasteiger charge is 2.42. The Morgan fingerprint density at radius 1 is 1.28 bits per heavy atom. The predicted molar refractivity (Wildman–Crippen MR) is 110 cm³/mol. The zero-order valence-electron chi connectivity index (χ0n) is 15.4. The normalized spacial score (nSPS) is 27.4. The van der Waals surface area contributed by atoms with E-state index >= 15 is 0 Å². The SMILES string of the molecule is CCNC(=NCC(=O)NC1CCCCC1)N1CCC2(CCOC2)C1.I. The van der Waals surface area contributed by atoms with Crippen LogP contribution >= 0.6 is 24.0 Å². The van der Waals surface area contributed by atoms with Crippen molar-refractivity contribution >= 4 is 35.8 Å². The van der Waals surface area contributed by atoms with Gasteiger partial charge in [-0.05, 0) is 32.6 Å². The van der Waals surface area contributed by atoms with E-state index in [9.17, 15) is 4.79 Å². The number of guanidine groups is 1. The van der Waals surface area contributed by atoms with Crippen LogP contribution in [0.5, 0.6) is 0 Å². The van der Waals surface area contributed by atoms with Gasteiger partial charge in [-0.3, -0.25) is 4.79 Å². The van der Waals surface area contributed by atoms with Crippen molar-refractivity contribution in [3.05, 3.63) is 0 Å². The highest BCUT2D eigenvalue weighted by molar-refractivity contribution is 14.0. The van der Waals surface area contributed by atoms with Crippen LogP contribution in [-0.4, -0.2) is 62.2 Å². The molecule has 25 heavy (non-hydrogen) atoms. The van der Waals surface area contributed by atoms with Crippen LogP contribution in [0.4, 0.5) is 0 Å². The van der Waals surface area contributed by atoms with Crippen molar-refractivity contribution in [3.8, 4) is 0 Å². The van der Waals surface area contributed by atoms with Gasteiger partial charge in [-0.25, -0.2) is 4.99 Å². The number of carbonyl (C=O) groups excluding carboxylic acids is 1. The minimum atomic E-state index is 0. The van der Waals surface area contributed by atoms with Gasteiger partial charge in [-0.2, -0.15) is 0 Å². The van der Waals surface area contributed by atoms with Gasteiger partial charge in [0, 0.05) is 37.7 Å². The van der Waals surface area contributed by atoms with Crippen LogP contribution in [0.2, 0.25) is 0 Å². The highest BCUT2D eigenvalue weighted by atomic mass is 127. The van der Waals surface area contributed by atoms with Crippen LogP contribution in [0.15, 0.2) is 4.99 Å². The van der Waals surface area contributed by atoms with Crippen molar-refractivity contribution in [1.82, 2.24) is 15.5 Å². The van der Waals surface area contributed by atoms with Crippen LogP contribution in [0, 0.1) is 5.41 Å². The third kappa shape index (κ3) is 5.70. The van der Waals surface area contributed by atoms with Crippen LogP contribution in [0.3, 0.4) is 0 Å². The second kappa shape index (κ2) is 9.94. The number of hydrogen-bond donors (Lipinski definition) is 2. The monoisotopic (exact) mass is 464 g/mol. The lowest BCUT2D eigenvalue weighted by atomic mass is 9.87. The van der Waals surface area contributed by atoms with Crippen molar-refractivity contribution in [1.29, 1.82) is 0 Å². The lowest BCUT2D eigenvalue weighted by Gasteiger charge is -2.25. The number of ether oxygens (including phenoxy) is 1. The Morgan fingerprint density at radius 3 is 2.76 bits per heavy atom. The van der Waals surface area contributed by atoms with E-state index in [0.717, 1.165) is 64.5 Å². The predicted octanol–water partition coefficient (Wildman–Crippen LogP) is 2.13. The average molecular weight is 464 g/mol. The summed E-state index contributed by atoms with van der Waals surface area (Å²) in [4.78, 5) is 19.1. The summed E-state index contributed by atoms with van der Waals surface area (Å²) in [6.07, 6.45) is 8.30. The fraction of sp³-hybridized carbons (Fsp3) is 0.889. The zero-order valence-corrected chi connectivity index (χ0v) is 17.7. The van der Waals surface area contributed by atoms with Gasteiger partial charge in [0.2, 0.25) is 5.91 Å². The summed E-state index contributed by atoms with van der Waals surface area (Å²) in [7, 11) is 0. The Morgan fingerprint density at radius 2 is 2.08 bits per heavy atom. The summed E-state index contributed by atoms with van der Waals surface area (Å²) in [5.41, 5.74) is 0.306. The van der Waals surface area contributed by atoms with E-state index < -0.39 is 0 Å². The molecule has 1 spiro atoms. The summed E-state index contributed by atoms with van der Waals surface area (Å²) in [6, 6.07) is 0.356. The molecule has 1 saturated carbocycles. The molecule has 7 heteroatoms. The molecular weight excluding hydrogens is 431 g/mol. The average Bonchev–Trinajstić information content (AvgIpc) is 3.23. The third-order valence-corrected chi connectivity index (χ3v) is 5.60. The first-order valence-corrected chi connectivity index (χ1v) is 9.61. The fourth-order valence-corrected chi connectivity index (χ4v) is 4.18. The van der Waals surface area contributed by atoms with Gasteiger partial charge in [-0.15, -0.1) is 24.0 Å². The fourth-order valence-electron chi connectivity index (χ4n) is 4.18. The lowest BCUT2D eigenvalue weighted by Crippen LogP contribution is -2.43. The summed E-state index contributed by atoms with van der Waals surface area (Å²) in [6.45, 7) is 6.85. The molecule has 0 bridgehead atoms. The molecule has 2 N–H and O–H groups in total. The van der Waals surface area contributed by atoms with Gasteiger partial charge in [0.15, 0.2) is 5.96 Å². The van der Waals surface area contributed by atoms with Gasteiger partial charge >= 0.3 is 0 Å². The van der Waals surface area contributed by atoms with E-state index in [4.69, 9.17) is 4.74 Å². The Balaban J connectivity index is 0.00000225. The molecule has 1 amide bonds. The molecular formula is C18H33IN4O2. The number of rotatable bonds is 4. The molecule has 3 aliphatic rings. The molecule has 0 aromatic carbocycles. The van der Waals surface area contributed by atoms with Crippen LogP contribution in [0.1, 0.15) is 51.9 Å². The maximum atomic E-state index is 12.2. The minimum absolute atomic E-state index is 0. The van der Waals surface area contributed by atoms with Gasteiger partial charge < -0.3 is 20.3 Å². The Labute approximate surface area is 168 Å². The van der Waals surface area contributed by atoms with Gasteiger partial charge in [0.25, 0.3) is 0 Å². The number of nitrogens with zero attached hydrogens (tertiary/aromatic N) is 2. The molecule has 3 rings (SSSR count). The molecule has 1 unspecified atom stereocenters. The molecule has 1 aliphatic carbocycles. The van der Waals surface area contributed by atoms with E-state index in [1.54, 1.807) is 0 Å². The van der Waals surface area contributed by atoms with Crippen molar-refractivity contribution < 1.29 is 9.53 Å². The smallest absolute Gasteiger partial charge is 0.242 e. The van der Waals surface area contributed by atoms with E-state index in [0.29, 0.717) is 11.5 Å². The van der Waals surface area contributed by atoms with Crippen LogP contribution in [-0.2, 0) is 9.53 Å². The number of halogens is 1. The Hall–Kier alpha value is -0.570. The first-order valence-electron chi connectivity index (χ1n) is 9.61. The highest BCUT2D eigenvalue weighted by Crippen LogP contribution is 2.38. The molecule has 2 saturated heterocycles.